The summed E-state index contributed by atoms with van der Waals surface area (Å²) in [6.45, 7) is 6.27. The van der Waals surface area contributed by atoms with Crippen LogP contribution in [-0.4, -0.2) is 34.4 Å². The molecule has 0 radical (unpaired) electrons. The molecule has 1 saturated carbocycles. The molecule has 1 atom stereocenters. The minimum atomic E-state index is 0.327. The van der Waals surface area contributed by atoms with E-state index in [-0.39, 0.29) is 0 Å². The van der Waals surface area contributed by atoms with E-state index >= 15 is 0 Å². The van der Waals surface area contributed by atoms with Crippen LogP contribution < -0.4 is 10.1 Å². The SMILES string of the molecule is CCCNC(CSC1CCCC1)c1c(OC)cnn1CC. The molecular weight excluding hydrogens is 282 g/mol. The summed E-state index contributed by atoms with van der Waals surface area (Å²) in [6.07, 6.45) is 8.57. The molecule has 0 spiro atoms. The minimum absolute atomic E-state index is 0.327. The minimum Gasteiger partial charge on any atom is -0.493 e. The largest absolute Gasteiger partial charge is 0.493 e. The molecule has 0 amide bonds. The van der Waals surface area contributed by atoms with Gasteiger partial charge >= 0.3 is 0 Å². The third-order valence-corrected chi connectivity index (χ3v) is 5.60. The first-order valence-corrected chi connectivity index (χ1v) is 9.29. The summed E-state index contributed by atoms with van der Waals surface area (Å²) in [7, 11) is 1.74. The lowest BCUT2D eigenvalue weighted by Gasteiger charge is -2.22. The number of ether oxygens (including phenoxy) is 1. The van der Waals surface area contributed by atoms with Crippen molar-refractivity contribution >= 4 is 11.8 Å². The quantitative estimate of drug-likeness (QED) is 0.756. The standard InChI is InChI=1S/C16H29N3OS/c1-4-10-17-14(12-21-13-8-6-7-9-13)16-15(20-3)11-18-19(16)5-2/h11,13-14,17H,4-10,12H2,1-3H3. The van der Waals surface area contributed by atoms with Crippen molar-refractivity contribution in [3.05, 3.63) is 11.9 Å². The van der Waals surface area contributed by atoms with Gasteiger partial charge in [-0.2, -0.15) is 16.9 Å². The van der Waals surface area contributed by atoms with Crippen LogP contribution in [0.5, 0.6) is 5.75 Å². The molecule has 1 N–H and O–H groups in total. The predicted molar refractivity (Wildman–Crippen MR) is 90.2 cm³/mol. The van der Waals surface area contributed by atoms with Crippen molar-refractivity contribution in [3.8, 4) is 5.75 Å². The van der Waals surface area contributed by atoms with Crippen LogP contribution in [0.15, 0.2) is 6.20 Å². The third-order valence-electron chi connectivity index (χ3n) is 4.14. The van der Waals surface area contributed by atoms with Crippen LogP contribution >= 0.6 is 11.8 Å². The van der Waals surface area contributed by atoms with E-state index in [1.54, 1.807) is 7.11 Å². The van der Waals surface area contributed by atoms with Crippen LogP contribution in [0.3, 0.4) is 0 Å². The highest BCUT2D eigenvalue weighted by atomic mass is 32.2. The van der Waals surface area contributed by atoms with Gasteiger partial charge in [0.2, 0.25) is 0 Å². The number of aryl methyl sites for hydroxylation is 1. The Morgan fingerprint density at radius 2 is 2.19 bits per heavy atom. The van der Waals surface area contributed by atoms with Crippen LogP contribution in [0, 0.1) is 0 Å². The highest BCUT2D eigenvalue weighted by Gasteiger charge is 2.23. The van der Waals surface area contributed by atoms with E-state index in [2.05, 4.69) is 40.7 Å². The van der Waals surface area contributed by atoms with E-state index in [1.165, 1.54) is 31.4 Å². The highest BCUT2D eigenvalue weighted by Crippen LogP contribution is 2.34. The van der Waals surface area contributed by atoms with Crippen LogP contribution in [-0.2, 0) is 6.54 Å². The van der Waals surface area contributed by atoms with E-state index in [1.807, 2.05) is 6.20 Å². The summed E-state index contributed by atoms with van der Waals surface area (Å²) in [5.41, 5.74) is 1.21. The highest BCUT2D eigenvalue weighted by molar-refractivity contribution is 7.99. The smallest absolute Gasteiger partial charge is 0.161 e. The second-order valence-electron chi connectivity index (χ2n) is 5.66. The maximum absolute atomic E-state index is 5.53. The molecule has 0 saturated heterocycles. The summed E-state index contributed by atoms with van der Waals surface area (Å²) in [5, 5.41) is 8.99. The molecule has 0 aromatic carbocycles. The topological polar surface area (TPSA) is 39.1 Å². The molecule has 1 heterocycles. The molecule has 0 aliphatic heterocycles. The average Bonchev–Trinajstić information content (AvgIpc) is 3.16. The van der Waals surface area contributed by atoms with E-state index in [4.69, 9.17) is 4.74 Å². The Hall–Kier alpha value is -0.680. The Morgan fingerprint density at radius 3 is 2.81 bits per heavy atom. The normalized spacial score (nSPS) is 17.3. The molecular formula is C16H29N3OS. The van der Waals surface area contributed by atoms with Crippen LogP contribution in [0.2, 0.25) is 0 Å². The summed E-state index contributed by atoms with van der Waals surface area (Å²) in [5.74, 6) is 2.02. The van der Waals surface area contributed by atoms with E-state index in [0.717, 1.165) is 36.3 Å². The lowest BCUT2D eigenvalue weighted by molar-refractivity contribution is 0.396. The van der Waals surface area contributed by atoms with Crippen molar-refractivity contribution in [1.29, 1.82) is 0 Å². The lowest BCUT2D eigenvalue weighted by Crippen LogP contribution is -2.27. The molecule has 1 fully saturated rings. The molecule has 1 aromatic heterocycles. The van der Waals surface area contributed by atoms with Crippen LogP contribution in [0.25, 0.3) is 0 Å². The lowest BCUT2D eigenvalue weighted by atomic mass is 10.2. The van der Waals surface area contributed by atoms with Gasteiger partial charge in [0.1, 0.15) is 0 Å². The second-order valence-corrected chi connectivity index (χ2v) is 6.99. The van der Waals surface area contributed by atoms with Gasteiger partial charge in [0.25, 0.3) is 0 Å². The summed E-state index contributed by atoms with van der Waals surface area (Å²) in [4.78, 5) is 0. The Labute approximate surface area is 133 Å². The number of methoxy groups -OCH3 is 1. The molecule has 1 aromatic rings. The monoisotopic (exact) mass is 311 g/mol. The van der Waals surface area contributed by atoms with Crippen molar-refractivity contribution in [2.45, 2.75) is 63.8 Å². The average molecular weight is 311 g/mol. The number of nitrogens with one attached hydrogen (secondary N) is 1. The van der Waals surface area contributed by atoms with Crippen molar-refractivity contribution in [2.24, 2.45) is 0 Å². The molecule has 21 heavy (non-hydrogen) atoms. The summed E-state index contributed by atoms with van der Waals surface area (Å²) in [6, 6.07) is 0.327. The van der Waals surface area contributed by atoms with Gasteiger partial charge in [-0.3, -0.25) is 4.68 Å². The summed E-state index contributed by atoms with van der Waals surface area (Å²) >= 11 is 2.12. The number of thioether (sulfide) groups is 1. The van der Waals surface area contributed by atoms with Crippen molar-refractivity contribution < 1.29 is 4.74 Å². The molecule has 5 heteroatoms. The van der Waals surface area contributed by atoms with Gasteiger partial charge in [0.15, 0.2) is 5.75 Å². The van der Waals surface area contributed by atoms with Crippen molar-refractivity contribution in [2.75, 3.05) is 19.4 Å². The molecule has 1 unspecified atom stereocenters. The molecule has 2 rings (SSSR count). The molecule has 0 bridgehead atoms. The van der Waals surface area contributed by atoms with Crippen molar-refractivity contribution in [3.63, 3.8) is 0 Å². The molecule has 1 aliphatic carbocycles. The maximum atomic E-state index is 5.53. The van der Waals surface area contributed by atoms with Gasteiger partial charge in [-0.25, -0.2) is 0 Å². The van der Waals surface area contributed by atoms with E-state index in [9.17, 15) is 0 Å². The Morgan fingerprint density at radius 1 is 1.43 bits per heavy atom. The molecule has 4 nitrogen and oxygen atoms in total. The number of rotatable bonds is 9. The van der Waals surface area contributed by atoms with Gasteiger partial charge in [0, 0.05) is 17.5 Å². The van der Waals surface area contributed by atoms with E-state index < -0.39 is 0 Å². The number of aromatic nitrogens is 2. The number of hydrogen-bond acceptors (Lipinski definition) is 4. The fourth-order valence-electron chi connectivity index (χ4n) is 2.98. The Bertz CT molecular complexity index is 394. The van der Waals surface area contributed by atoms with Crippen LogP contribution in [0.4, 0.5) is 0 Å². The fourth-order valence-corrected chi connectivity index (χ4v) is 4.39. The van der Waals surface area contributed by atoms with Gasteiger partial charge in [-0.15, -0.1) is 0 Å². The Balaban J connectivity index is 2.08. The maximum Gasteiger partial charge on any atom is 0.161 e. The first-order chi connectivity index (χ1) is 10.3. The van der Waals surface area contributed by atoms with Gasteiger partial charge in [-0.1, -0.05) is 19.8 Å². The molecule has 120 valence electrons. The summed E-state index contributed by atoms with van der Waals surface area (Å²) < 4.78 is 7.60. The zero-order valence-corrected chi connectivity index (χ0v) is 14.4. The first-order valence-electron chi connectivity index (χ1n) is 8.24. The van der Waals surface area contributed by atoms with Crippen molar-refractivity contribution in [1.82, 2.24) is 15.1 Å². The number of nitrogens with zero attached hydrogens (tertiary/aromatic N) is 2. The van der Waals surface area contributed by atoms with Crippen LogP contribution in [0.1, 0.15) is 57.7 Å². The molecule has 1 aliphatic rings. The van der Waals surface area contributed by atoms with E-state index in [0.29, 0.717) is 6.04 Å². The van der Waals surface area contributed by atoms with Gasteiger partial charge in [-0.05, 0) is 32.7 Å². The fraction of sp³-hybridized carbons (Fsp3) is 0.812. The zero-order valence-electron chi connectivity index (χ0n) is 13.6. The van der Waals surface area contributed by atoms with Gasteiger partial charge in [0.05, 0.1) is 25.0 Å². The zero-order chi connectivity index (χ0) is 15.1. The third kappa shape index (κ3) is 4.39. The Kier molecular flexibility index (Phi) is 6.90. The second kappa shape index (κ2) is 8.69. The first kappa shape index (κ1) is 16.7. The number of hydrogen-bond donors (Lipinski definition) is 1. The predicted octanol–water partition coefficient (Wildman–Crippen LogP) is 3.63. The van der Waals surface area contributed by atoms with Gasteiger partial charge < -0.3 is 10.1 Å².